The van der Waals surface area contributed by atoms with Gasteiger partial charge in [0.25, 0.3) is 0 Å². The van der Waals surface area contributed by atoms with Gasteiger partial charge in [-0.15, -0.1) is 0 Å². The maximum atomic E-state index is 12.7. The Bertz CT molecular complexity index is 541. The average Bonchev–Trinajstić information content (AvgIpc) is 2.27. The molecule has 19 heavy (non-hydrogen) atoms. The molecule has 0 bridgehead atoms. The van der Waals surface area contributed by atoms with Crippen LogP contribution in [0.15, 0.2) is 18.2 Å². The number of anilines is 1. The molecular weight excluding hydrogens is 281 g/mol. The van der Waals surface area contributed by atoms with E-state index in [2.05, 4.69) is 10.0 Å². The third-order valence-electron chi connectivity index (χ3n) is 2.44. The Hall–Kier alpha value is -1.28. The van der Waals surface area contributed by atoms with Crippen LogP contribution in [0.25, 0.3) is 0 Å². The highest BCUT2D eigenvalue weighted by molar-refractivity contribution is 7.92. The third-order valence-corrected chi connectivity index (χ3v) is 3.73. The molecule has 0 radical (unpaired) electrons. The summed E-state index contributed by atoms with van der Waals surface area (Å²) in [7, 11) is -2.07. The average molecular weight is 296 g/mol. The first-order chi connectivity index (χ1) is 8.65. The van der Waals surface area contributed by atoms with E-state index < -0.39 is 21.8 Å². The van der Waals surface area contributed by atoms with Crippen molar-refractivity contribution in [1.82, 2.24) is 5.32 Å². The third kappa shape index (κ3) is 4.71. The first-order valence-corrected chi connectivity index (χ1v) is 7.14. The predicted molar refractivity (Wildman–Crippen MR) is 67.5 cm³/mol. The van der Waals surface area contributed by atoms with Crippen molar-refractivity contribution >= 4 is 15.7 Å². The fourth-order valence-corrected chi connectivity index (χ4v) is 2.52. The Kier molecular flexibility index (Phi) is 4.81. The van der Waals surface area contributed by atoms with E-state index in [1.165, 1.54) is 19.1 Å². The summed E-state index contributed by atoms with van der Waals surface area (Å²) in [5, 5.41) is 2.66. The van der Waals surface area contributed by atoms with Crippen LogP contribution >= 0.6 is 0 Å². The molecule has 4 nitrogen and oxygen atoms in total. The van der Waals surface area contributed by atoms with Crippen molar-refractivity contribution in [2.24, 2.45) is 0 Å². The summed E-state index contributed by atoms with van der Waals surface area (Å²) >= 11 is 0. The highest BCUT2D eigenvalue weighted by Crippen LogP contribution is 2.33. The second-order valence-electron chi connectivity index (χ2n) is 4.05. The normalized spacial score (nSPS) is 12.5. The fourth-order valence-electron chi connectivity index (χ4n) is 1.46. The molecule has 0 spiro atoms. The molecule has 108 valence electrons. The summed E-state index contributed by atoms with van der Waals surface area (Å²) in [5.41, 5.74) is -0.888. The maximum Gasteiger partial charge on any atom is 0.416 e. The molecule has 2 N–H and O–H groups in total. The molecule has 0 saturated carbocycles. The monoisotopic (exact) mass is 296 g/mol. The molecule has 0 aliphatic carbocycles. The van der Waals surface area contributed by atoms with Gasteiger partial charge in [-0.1, -0.05) is 6.07 Å². The van der Waals surface area contributed by atoms with Crippen molar-refractivity contribution < 1.29 is 21.6 Å². The smallest absolute Gasteiger partial charge is 0.319 e. The highest BCUT2D eigenvalue weighted by Gasteiger charge is 2.32. The molecule has 0 aliphatic rings. The Morgan fingerprint density at radius 2 is 1.89 bits per heavy atom. The van der Waals surface area contributed by atoms with Crippen LogP contribution in [0.3, 0.4) is 0 Å². The van der Waals surface area contributed by atoms with Gasteiger partial charge in [0.15, 0.2) is 0 Å². The second-order valence-corrected chi connectivity index (χ2v) is 5.89. The molecule has 0 aromatic heterocycles. The SMILES string of the molecule is CNCCS(=O)(=O)Nc1ccc(C)c(C(F)(F)F)c1. The van der Waals surface area contributed by atoms with Crippen molar-refractivity contribution in [2.75, 3.05) is 24.1 Å². The topological polar surface area (TPSA) is 58.2 Å². The lowest BCUT2D eigenvalue weighted by Crippen LogP contribution is -2.24. The number of hydrogen-bond donors (Lipinski definition) is 2. The van der Waals surface area contributed by atoms with Gasteiger partial charge in [0.1, 0.15) is 0 Å². The van der Waals surface area contributed by atoms with Gasteiger partial charge in [0, 0.05) is 12.2 Å². The van der Waals surface area contributed by atoms with Gasteiger partial charge in [0.2, 0.25) is 10.0 Å². The number of rotatable bonds is 5. The number of alkyl halides is 3. The summed E-state index contributed by atoms with van der Waals surface area (Å²) in [5.74, 6) is -0.210. The molecule has 1 aromatic rings. The molecule has 8 heteroatoms. The summed E-state index contributed by atoms with van der Waals surface area (Å²) in [6, 6.07) is 3.34. The number of aryl methyl sites for hydroxylation is 1. The van der Waals surface area contributed by atoms with E-state index in [1.54, 1.807) is 7.05 Å². The lowest BCUT2D eigenvalue weighted by atomic mass is 10.1. The standard InChI is InChI=1S/C11H15F3N2O2S/c1-8-3-4-9(7-10(8)11(12,13)14)16-19(17,18)6-5-15-2/h3-4,7,15-16H,5-6H2,1-2H3. The minimum absolute atomic E-state index is 0.0469. The minimum atomic E-state index is -4.50. The first kappa shape index (κ1) is 15.8. The van der Waals surface area contributed by atoms with Crippen molar-refractivity contribution in [2.45, 2.75) is 13.1 Å². The molecule has 0 unspecified atom stereocenters. The quantitative estimate of drug-likeness (QED) is 0.873. The molecular formula is C11H15F3N2O2S. The van der Waals surface area contributed by atoms with E-state index in [1.807, 2.05) is 0 Å². The van der Waals surface area contributed by atoms with E-state index in [0.717, 1.165) is 6.07 Å². The van der Waals surface area contributed by atoms with Crippen LogP contribution in [-0.4, -0.2) is 27.8 Å². The zero-order chi connectivity index (χ0) is 14.7. The van der Waals surface area contributed by atoms with Crippen LogP contribution in [0.1, 0.15) is 11.1 Å². The summed E-state index contributed by atoms with van der Waals surface area (Å²) < 4.78 is 63.3. The van der Waals surface area contributed by atoms with Crippen molar-refractivity contribution in [3.63, 3.8) is 0 Å². The zero-order valence-electron chi connectivity index (χ0n) is 10.5. The van der Waals surface area contributed by atoms with E-state index in [0.29, 0.717) is 0 Å². The van der Waals surface area contributed by atoms with Crippen LogP contribution in [-0.2, 0) is 16.2 Å². The van der Waals surface area contributed by atoms with Gasteiger partial charge < -0.3 is 5.32 Å². The highest BCUT2D eigenvalue weighted by atomic mass is 32.2. The molecule has 0 aliphatic heterocycles. The van der Waals surface area contributed by atoms with Crippen LogP contribution in [0, 0.1) is 6.92 Å². The maximum absolute atomic E-state index is 12.7. The molecule has 0 saturated heterocycles. The molecule has 1 aromatic carbocycles. The van der Waals surface area contributed by atoms with Crippen LogP contribution in [0.2, 0.25) is 0 Å². The number of benzene rings is 1. The molecule has 1 rings (SSSR count). The Labute approximate surface area is 110 Å². The van der Waals surface area contributed by atoms with Crippen molar-refractivity contribution in [3.8, 4) is 0 Å². The predicted octanol–water partition coefficient (Wildman–Crippen LogP) is 1.97. The van der Waals surface area contributed by atoms with E-state index in [-0.39, 0.29) is 23.5 Å². The van der Waals surface area contributed by atoms with Gasteiger partial charge in [0.05, 0.1) is 11.3 Å². The number of hydrogen-bond acceptors (Lipinski definition) is 3. The van der Waals surface area contributed by atoms with Gasteiger partial charge >= 0.3 is 6.18 Å². The Morgan fingerprint density at radius 1 is 1.26 bits per heavy atom. The second kappa shape index (κ2) is 5.79. The van der Waals surface area contributed by atoms with E-state index in [4.69, 9.17) is 0 Å². The van der Waals surface area contributed by atoms with Crippen LogP contribution in [0.4, 0.5) is 18.9 Å². The molecule has 0 atom stereocenters. The van der Waals surface area contributed by atoms with Gasteiger partial charge in [-0.3, -0.25) is 4.72 Å². The van der Waals surface area contributed by atoms with Gasteiger partial charge in [-0.05, 0) is 31.7 Å². The zero-order valence-corrected chi connectivity index (χ0v) is 11.3. The first-order valence-electron chi connectivity index (χ1n) is 5.48. The van der Waals surface area contributed by atoms with Gasteiger partial charge in [-0.2, -0.15) is 13.2 Å². The number of sulfonamides is 1. The van der Waals surface area contributed by atoms with Crippen molar-refractivity contribution in [3.05, 3.63) is 29.3 Å². The number of nitrogens with one attached hydrogen (secondary N) is 2. The van der Waals surface area contributed by atoms with E-state index in [9.17, 15) is 21.6 Å². The van der Waals surface area contributed by atoms with Gasteiger partial charge in [-0.25, -0.2) is 8.42 Å². The summed E-state index contributed by atoms with van der Waals surface area (Å²) in [6.07, 6.45) is -4.50. The van der Waals surface area contributed by atoms with Crippen molar-refractivity contribution in [1.29, 1.82) is 0 Å². The summed E-state index contributed by atoms with van der Waals surface area (Å²) in [4.78, 5) is 0. The largest absolute Gasteiger partial charge is 0.416 e. The lowest BCUT2D eigenvalue weighted by molar-refractivity contribution is -0.138. The lowest BCUT2D eigenvalue weighted by Gasteiger charge is -2.13. The number of halogens is 3. The Morgan fingerprint density at radius 3 is 2.42 bits per heavy atom. The summed E-state index contributed by atoms with van der Waals surface area (Å²) in [6.45, 7) is 1.54. The minimum Gasteiger partial charge on any atom is -0.319 e. The van der Waals surface area contributed by atoms with E-state index >= 15 is 0 Å². The Balaban J connectivity index is 2.98. The van der Waals surface area contributed by atoms with Crippen LogP contribution < -0.4 is 10.0 Å². The fraction of sp³-hybridized carbons (Fsp3) is 0.455. The molecule has 0 amide bonds. The van der Waals surface area contributed by atoms with Crippen LogP contribution in [0.5, 0.6) is 0 Å². The molecule has 0 fully saturated rings. The molecule has 0 heterocycles.